The lowest BCUT2D eigenvalue weighted by atomic mass is 9.82. The highest BCUT2D eigenvalue weighted by Gasteiger charge is 2.21. The molecule has 0 aliphatic rings. The number of benzene rings is 2. The van der Waals surface area contributed by atoms with Crippen LogP contribution in [0.4, 0.5) is 0 Å². The molecule has 2 aromatic carbocycles. The standard InChI is InChI=1S/C26H29ClN2O/c1-25(2,3)23-11-12-28-16-22(23)19-13-18(17-7-9-21(27)10-8-17)14-20(15-19)24(30)29-26(4,5)6/h7-16H,1-6H3,(H,29,30). The zero-order chi connectivity index (χ0) is 22.1. The molecule has 0 saturated carbocycles. The van der Waals surface area contributed by atoms with Crippen LogP contribution < -0.4 is 5.32 Å². The van der Waals surface area contributed by atoms with Crippen LogP contribution in [0.2, 0.25) is 5.02 Å². The third-order valence-corrected chi connectivity index (χ3v) is 5.05. The molecule has 0 aliphatic carbocycles. The Labute approximate surface area is 184 Å². The number of nitrogens with one attached hydrogen (secondary N) is 1. The molecule has 0 unspecified atom stereocenters. The number of rotatable bonds is 3. The predicted octanol–water partition coefficient (Wildman–Crippen LogP) is 6.89. The highest BCUT2D eigenvalue weighted by molar-refractivity contribution is 6.30. The number of pyridine rings is 1. The lowest BCUT2D eigenvalue weighted by Crippen LogP contribution is -2.40. The molecule has 0 radical (unpaired) electrons. The number of carbonyl (C=O) groups excluding carboxylic acids is 1. The molecule has 1 aromatic heterocycles. The minimum atomic E-state index is -0.321. The monoisotopic (exact) mass is 420 g/mol. The van der Waals surface area contributed by atoms with Gasteiger partial charge in [-0.2, -0.15) is 0 Å². The molecule has 156 valence electrons. The highest BCUT2D eigenvalue weighted by atomic mass is 35.5. The molecule has 3 rings (SSSR count). The summed E-state index contributed by atoms with van der Waals surface area (Å²) in [4.78, 5) is 17.4. The molecule has 0 atom stereocenters. The zero-order valence-electron chi connectivity index (χ0n) is 18.5. The molecule has 0 fully saturated rings. The number of aromatic nitrogens is 1. The van der Waals surface area contributed by atoms with Crippen LogP contribution in [-0.4, -0.2) is 16.4 Å². The first-order valence-corrected chi connectivity index (χ1v) is 10.5. The molecule has 3 aromatic rings. The van der Waals surface area contributed by atoms with E-state index in [1.165, 1.54) is 5.56 Å². The third kappa shape index (κ3) is 5.28. The summed E-state index contributed by atoms with van der Waals surface area (Å²) in [6, 6.07) is 15.7. The van der Waals surface area contributed by atoms with Crippen LogP contribution in [0.5, 0.6) is 0 Å². The summed E-state index contributed by atoms with van der Waals surface area (Å²) in [5.74, 6) is -0.0965. The van der Waals surface area contributed by atoms with Gasteiger partial charge in [0.25, 0.3) is 5.91 Å². The minimum Gasteiger partial charge on any atom is -0.347 e. The zero-order valence-corrected chi connectivity index (χ0v) is 19.3. The van der Waals surface area contributed by atoms with Crippen molar-refractivity contribution in [3.8, 4) is 22.3 Å². The number of amides is 1. The van der Waals surface area contributed by atoms with Gasteiger partial charge in [0.2, 0.25) is 0 Å². The summed E-state index contributed by atoms with van der Waals surface area (Å²) in [6.45, 7) is 12.5. The van der Waals surface area contributed by atoms with E-state index >= 15 is 0 Å². The second-order valence-electron chi connectivity index (χ2n) is 9.68. The maximum absolute atomic E-state index is 13.0. The average molecular weight is 421 g/mol. The van der Waals surface area contributed by atoms with Gasteiger partial charge in [-0.1, -0.05) is 44.5 Å². The Morgan fingerprint density at radius 1 is 0.867 bits per heavy atom. The van der Waals surface area contributed by atoms with Gasteiger partial charge in [0.05, 0.1) is 0 Å². The number of hydrogen-bond acceptors (Lipinski definition) is 2. The molecule has 1 N–H and O–H groups in total. The van der Waals surface area contributed by atoms with Gasteiger partial charge in [0.1, 0.15) is 0 Å². The van der Waals surface area contributed by atoms with Crippen LogP contribution >= 0.6 is 11.6 Å². The fourth-order valence-corrected chi connectivity index (χ4v) is 3.54. The summed E-state index contributed by atoms with van der Waals surface area (Å²) in [7, 11) is 0. The van der Waals surface area contributed by atoms with Crippen LogP contribution in [-0.2, 0) is 5.41 Å². The second kappa shape index (κ2) is 8.23. The van der Waals surface area contributed by atoms with E-state index in [1.54, 1.807) is 0 Å². The Bertz CT molecular complexity index is 1060. The molecule has 0 bridgehead atoms. The minimum absolute atomic E-state index is 0.0532. The van der Waals surface area contributed by atoms with Gasteiger partial charge < -0.3 is 5.32 Å². The lowest BCUT2D eigenvalue weighted by molar-refractivity contribution is 0.0919. The van der Waals surface area contributed by atoms with Crippen molar-refractivity contribution in [2.24, 2.45) is 0 Å². The number of hydrogen-bond donors (Lipinski definition) is 1. The normalized spacial score (nSPS) is 12.0. The van der Waals surface area contributed by atoms with Gasteiger partial charge >= 0.3 is 0 Å². The number of halogens is 1. The van der Waals surface area contributed by atoms with Crippen LogP contribution in [0.1, 0.15) is 57.5 Å². The fourth-order valence-electron chi connectivity index (χ4n) is 3.41. The highest BCUT2D eigenvalue weighted by Crippen LogP contribution is 2.35. The van der Waals surface area contributed by atoms with E-state index in [2.05, 4.69) is 43.2 Å². The van der Waals surface area contributed by atoms with Gasteiger partial charge in [-0.3, -0.25) is 9.78 Å². The molecular weight excluding hydrogens is 392 g/mol. The second-order valence-corrected chi connectivity index (χ2v) is 10.1. The molecule has 4 heteroatoms. The maximum Gasteiger partial charge on any atom is 0.251 e. The van der Waals surface area contributed by atoms with Crippen molar-refractivity contribution in [1.29, 1.82) is 0 Å². The third-order valence-electron chi connectivity index (χ3n) is 4.80. The Kier molecular flexibility index (Phi) is 6.05. The van der Waals surface area contributed by atoms with Crippen molar-refractivity contribution in [3.05, 3.63) is 77.1 Å². The first kappa shape index (κ1) is 22.0. The van der Waals surface area contributed by atoms with Crippen molar-refractivity contribution >= 4 is 17.5 Å². The summed E-state index contributed by atoms with van der Waals surface area (Å²) >= 11 is 6.08. The molecule has 30 heavy (non-hydrogen) atoms. The number of nitrogens with zero attached hydrogens (tertiary/aromatic N) is 1. The summed E-state index contributed by atoms with van der Waals surface area (Å²) in [5.41, 5.74) is 5.41. The molecule has 0 aliphatic heterocycles. The van der Waals surface area contributed by atoms with Crippen LogP contribution in [0.15, 0.2) is 60.9 Å². The SMILES string of the molecule is CC(C)(C)NC(=O)c1cc(-c2ccc(Cl)cc2)cc(-c2cnccc2C(C)(C)C)c1. The smallest absolute Gasteiger partial charge is 0.251 e. The van der Waals surface area contributed by atoms with Gasteiger partial charge in [-0.15, -0.1) is 0 Å². The molecular formula is C26H29ClN2O. The van der Waals surface area contributed by atoms with Crippen LogP contribution in [0, 0.1) is 0 Å². The Hall–Kier alpha value is -2.65. The van der Waals surface area contributed by atoms with Gasteiger partial charge in [0, 0.05) is 34.1 Å². The molecule has 0 spiro atoms. The molecule has 1 amide bonds. The van der Waals surface area contributed by atoms with Crippen LogP contribution in [0.3, 0.4) is 0 Å². The summed E-state index contributed by atoms with van der Waals surface area (Å²) in [6.07, 6.45) is 3.70. The largest absolute Gasteiger partial charge is 0.347 e. The van der Waals surface area contributed by atoms with Gasteiger partial charge in [-0.05, 0) is 84.8 Å². The summed E-state index contributed by atoms with van der Waals surface area (Å²) < 4.78 is 0. The van der Waals surface area contributed by atoms with Gasteiger partial charge in [0.15, 0.2) is 0 Å². The molecule has 3 nitrogen and oxygen atoms in total. The quantitative estimate of drug-likeness (QED) is 0.500. The maximum atomic E-state index is 13.0. The van der Waals surface area contributed by atoms with Crippen LogP contribution in [0.25, 0.3) is 22.3 Å². The Morgan fingerprint density at radius 2 is 1.50 bits per heavy atom. The van der Waals surface area contributed by atoms with Crippen molar-refractivity contribution in [1.82, 2.24) is 10.3 Å². The van der Waals surface area contributed by atoms with E-state index in [4.69, 9.17) is 11.6 Å². The van der Waals surface area contributed by atoms with Crippen molar-refractivity contribution in [2.45, 2.75) is 52.5 Å². The number of carbonyl (C=O) groups is 1. The Morgan fingerprint density at radius 3 is 2.10 bits per heavy atom. The lowest BCUT2D eigenvalue weighted by Gasteiger charge is -2.24. The predicted molar refractivity (Wildman–Crippen MR) is 126 cm³/mol. The Balaban J connectivity index is 2.21. The van der Waals surface area contributed by atoms with E-state index in [0.29, 0.717) is 10.6 Å². The van der Waals surface area contributed by atoms with E-state index < -0.39 is 0 Å². The van der Waals surface area contributed by atoms with E-state index in [-0.39, 0.29) is 16.9 Å². The summed E-state index contributed by atoms with van der Waals surface area (Å²) in [5, 5.41) is 3.75. The molecule has 1 heterocycles. The van der Waals surface area contributed by atoms with Gasteiger partial charge in [-0.25, -0.2) is 0 Å². The van der Waals surface area contributed by atoms with Crippen molar-refractivity contribution < 1.29 is 4.79 Å². The first-order chi connectivity index (χ1) is 13.9. The molecule has 0 saturated heterocycles. The first-order valence-electron chi connectivity index (χ1n) is 10.1. The average Bonchev–Trinajstić information content (AvgIpc) is 2.66. The van der Waals surface area contributed by atoms with Crippen molar-refractivity contribution in [3.63, 3.8) is 0 Å². The van der Waals surface area contributed by atoms with E-state index in [9.17, 15) is 4.79 Å². The fraction of sp³-hybridized carbons (Fsp3) is 0.308. The van der Waals surface area contributed by atoms with Crippen molar-refractivity contribution in [2.75, 3.05) is 0 Å². The van der Waals surface area contributed by atoms with E-state index in [1.807, 2.05) is 69.6 Å². The topological polar surface area (TPSA) is 42.0 Å². The van der Waals surface area contributed by atoms with E-state index in [0.717, 1.165) is 22.3 Å².